The fourth-order valence-electron chi connectivity index (χ4n) is 2.03. The molecule has 2 aromatic carbocycles. The summed E-state index contributed by atoms with van der Waals surface area (Å²) >= 11 is 0. The zero-order chi connectivity index (χ0) is 15.7. The molecular formula is C13H10N6O3. The highest BCUT2D eigenvalue weighted by atomic mass is 16.6. The van der Waals surface area contributed by atoms with Gasteiger partial charge in [-0.2, -0.15) is 0 Å². The minimum absolute atomic E-state index is 0.0673. The standard InChI is InChI=1S/C13H10N6O3/c14-6-7-5-8(1-2-9(7)15)16-10-3-4-11(19(20)21)13-12(10)17-22-18-13/h1-6,14,16H,15H2. The van der Waals surface area contributed by atoms with E-state index >= 15 is 0 Å². The molecule has 4 N–H and O–H groups in total. The van der Waals surface area contributed by atoms with Crippen molar-refractivity contribution >= 4 is 40.0 Å². The number of nitro benzene ring substituents is 1. The molecule has 0 aliphatic heterocycles. The average molecular weight is 298 g/mol. The van der Waals surface area contributed by atoms with Crippen molar-refractivity contribution in [1.82, 2.24) is 10.3 Å². The highest BCUT2D eigenvalue weighted by Crippen LogP contribution is 2.31. The summed E-state index contributed by atoms with van der Waals surface area (Å²) in [5.41, 5.74) is 8.07. The van der Waals surface area contributed by atoms with Crippen LogP contribution in [0.5, 0.6) is 0 Å². The van der Waals surface area contributed by atoms with Gasteiger partial charge in [0.05, 0.1) is 10.6 Å². The van der Waals surface area contributed by atoms with Gasteiger partial charge in [0.25, 0.3) is 0 Å². The largest absolute Gasteiger partial charge is 0.398 e. The Bertz CT molecular complexity index is 889. The number of anilines is 3. The van der Waals surface area contributed by atoms with Crippen LogP contribution < -0.4 is 11.1 Å². The summed E-state index contributed by atoms with van der Waals surface area (Å²) in [6.07, 6.45) is 1.14. The van der Waals surface area contributed by atoms with Crippen molar-refractivity contribution in [2.24, 2.45) is 0 Å². The van der Waals surface area contributed by atoms with E-state index < -0.39 is 4.92 Å². The van der Waals surface area contributed by atoms with Crippen LogP contribution in [0.4, 0.5) is 22.7 Å². The maximum Gasteiger partial charge on any atom is 0.300 e. The Morgan fingerprint density at radius 1 is 1.27 bits per heavy atom. The highest BCUT2D eigenvalue weighted by Gasteiger charge is 2.19. The Balaban J connectivity index is 2.05. The fraction of sp³-hybridized carbons (Fsp3) is 0. The molecule has 0 radical (unpaired) electrons. The predicted octanol–water partition coefficient (Wildman–Crippen LogP) is 2.45. The SMILES string of the molecule is N=Cc1cc(Nc2ccc([N+](=O)[O-])c3nonc23)ccc1N. The van der Waals surface area contributed by atoms with Crippen LogP contribution in [0.2, 0.25) is 0 Å². The molecule has 0 unspecified atom stereocenters. The van der Waals surface area contributed by atoms with Gasteiger partial charge in [0.1, 0.15) is 0 Å². The number of non-ortho nitro benzene ring substituents is 1. The van der Waals surface area contributed by atoms with Crippen LogP contribution in [0.25, 0.3) is 11.0 Å². The molecule has 110 valence electrons. The van der Waals surface area contributed by atoms with Crippen LogP contribution in [0.15, 0.2) is 35.0 Å². The summed E-state index contributed by atoms with van der Waals surface area (Å²) in [4.78, 5) is 10.4. The van der Waals surface area contributed by atoms with E-state index in [1.807, 2.05) is 0 Å². The van der Waals surface area contributed by atoms with E-state index in [2.05, 4.69) is 20.3 Å². The number of hydrogen-bond donors (Lipinski definition) is 3. The Morgan fingerprint density at radius 2 is 2.05 bits per heavy atom. The van der Waals surface area contributed by atoms with Gasteiger partial charge in [-0.25, -0.2) is 4.63 Å². The van der Waals surface area contributed by atoms with E-state index in [0.717, 1.165) is 6.21 Å². The third-order valence-electron chi connectivity index (χ3n) is 3.11. The molecule has 3 aromatic rings. The zero-order valence-electron chi connectivity index (χ0n) is 11.1. The Kier molecular flexibility index (Phi) is 3.14. The molecule has 9 heteroatoms. The molecule has 0 saturated heterocycles. The molecular weight excluding hydrogens is 288 g/mol. The van der Waals surface area contributed by atoms with Crippen LogP contribution in [0.3, 0.4) is 0 Å². The van der Waals surface area contributed by atoms with Gasteiger partial charge in [0, 0.05) is 29.2 Å². The predicted molar refractivity (Wildman–Crippen MR) is 80.5 cm³/mol. The number of benzene rings is 2. The van der Waals surface area contributed by atoms with Gasteiger partial charge in [-0.15, -0.1) is 0 Å². The second-order valence-electron chi connectivity index (χ2n) is 4.46. The highest BCUT2D eigenvalue weighted by molar-refractivity contribution is 5.95. The summed E-state index contributed by atoms with van der Waals surface area (Å²) in [6, 6.07) is 7.91. The number of hydrogen-bond acceptors (Lipinski definition) is 8. The molecule has 1 aromatic heterocycles. The van der Waals surface area contributed by atoms with E-state index in [1.54, 1.807) is 18.2 Å². The number of aromatic nitrogens is 2. The summed E-state index contributed by atoms with van der Waals surface area (Å²) < 4.78 is 4.60. The molecule has 0 saturated carbocycles. The number of nitro groups is 1. The summed E-state index contributed by atoms with van der Waals surface area (Å²) in [7, 11) is 0. The van der Waals surface area contributed by atoms with Crippen molar-refractivity contribution in [3.05, 3.63) is 46.0 Å². The number of nitrogen functional groups attached to an aromatic ring is 1. The van der Waals surface area contributed by atoms with E-state index in [-0.39, 0.29) is 16.7 Å². The normalized spacial score (nSPS) is 10.5. The summed E-state index contributed by atoms with van der Waals surface area (Å²) in [5.74, 6) is 0. The molecule has 22 heavy (non-hydrogen) atoms. The summed E-state index contributed by atoms with van der Waals surface area (Å²) in [6.45, 7) is 0. The van der Waals surface area contributed by atoms with Gasteiger partial charge < -0.3 is 16.5 Å². The van der Waals surface area contributed by atoms with Crippen molar-refractivity contribution in [3.8, 4) is 0 Å². The molecule has 1 heterocycles. The van der Waals surface area contributed by atoms with E-state index in [4.69, 9.17) is 11.1 Å². The zero-order valence-corrected chi connectivity index (χ0v) is 11.1. The van der Waals surface area contributed by atoms with Crippen molar-refractivity contribution < 1.29 is 9.55 Å². The lowest BCUT2D eigenvalue weighted by molar-refractivity contribution is -0.383. The van der Waals surface area contributed by atoms with E-state index in [0.29, 0.717) is 22.6 Å². The average Bonchev–Trinajstić information content (AvgIpc) is 2.99. The number of nitrogens with two attached hydrogens (primary N) is 1. The monoisotopic (exact) mass is 298 g/mol. The number of rotatable bonds is 4. The Labute approximate surface area is 123 Å². The lowest BCUT2D eigenvalue weighted by Gasteiger charge is -2.08. The first-order valence-corrected chi connectivity index (χ1v) is 6.17. The molecule has 0 aliphatic carbocycles. The molecule has 0 spiro atoms. The summed E-state index contributed by atoms with van der Waals surface area (Å²) in [5, 5.41) is 28.6. The minimum atomic E-state index is -0.549. The van der Waals surface area contributed by atoms with E-state index in [1.165, 1.54) is 12.1 Å². The van der Waals surface area contributed by atoms with Crippen molar-refractivity contribution in [2.45, 2.75) is 0 Å². The molecule has 9 nitrogen and oxygen atoms in total. The molecule has 0 amide bonds. The van der Waals surface area contributed by atoms with E-state index in [9.17, 15) is 10.1 Å². The first-order chi connectivity index (χ1) is 10.6. The number of nitrogens with zero attached hydrogens (tertiary/aromatic N) is 3. The van der Waals surface area contributed by atoms with Crippen LogP contribution >= 0.6 is 0 Å². The smallest absolute Gasteiger partial charge is 0.300 e. The van der Waals surface area contributed by atoms with Gasteiger partial charge in [0.15, 0.2) is 5.52 Å². The fourth-order valence-corrected chi connectivity index (χ4v) is 2.03. The van der Waals surface area contributed by atoms with Crippen molar-refractivity contribution in [2.75, 3.05) is 11.1 Å². The van der Waals surface area contributed by atoms with Gasteiger partial charge in [-0.1, -0.05) is 0 Å². The first-order valence-electron chi connectivity index (χ1n) is 6.17. The maximum atomic E-state index is 10.9. The van der Waals surface area contributed by atoms with Crippen LogP contribution in [-0.2, 0) is 0 Å². The van der Waals surface area contributed by atoms with Gasteiger partial charge >= 0.3 is 5.69 Å². The molecule has 0 aliphatic rings. The van der Waals surface area contributed by atoms with Crippen LogP contribution in [0, 0.1) is 15.5 Å². The van der Waals surface area contributed by atoms with Crippen LogP contribution in [-0.4, -0.2) is 21.5 Å². The number of fused-ring (bicyclic) bond motifs is 1. The van der Waals surface area contributed by atoms with Gasteiger partial charge in [-0.05, 0) is 34.6 Å². The lowest BCUT2D eigenvalue weighted by Crippen LogP contribution is -1.97. The Morgan fingerprint density at radius 3 is 2.77 bits per heavy atom. The van der Waals surface area contributed by atoms with Gasteiger partial charge in [-0.3, -0.25) is 10.1 Å². The third kappa shape index (κ3) is 2.20. The second-order valence-corrected chi connectivity index (χ2v) is 4.46. The third-order valence-corrected chi connectivity index (χ3v) is 3.11. The first kappa shape index (κ1) is 13.5. The quantitative estimate of drug-likeness (QED) is 0.290. The number of nitrogens with one attached hydrogen (secondary N) is 2. The second kappa shape index (κ2) is 5.13. The molecule has 0 fully saturated rings. The van der Waals surface area contributed by atoms with Crippen molar-refractivity contribution in [1.29, 1.82) is 5.41 Å². The molecule has 0 atom stereocenters. The molecule has 0 bridgehead atoms. The van der Waals surface area contributed by atoms with Crippen LogP contribution in [0.1, 0.15) is 5.56 Å². The maximum absolute atomic E-state index is 10.9. The minimum Gasteiger partial charge on any atom is -0.398 e. The van der Waals surface area contributed by atoms with Gasteiger partial charge in [0.2, 0.25) is 5.52 Å². The van der Waals surface area contributed by atoms with Crippen molar-refractivity contribution in [3.63, 3.8) is 0 Å². The Hall–Kier alpha value is -3.49. The lowest BCUT2D eigenvalue weighted by atomic mass is 10.1. The topological polar surface area (TPSA) is 144 Å². The molecule has 3 rings (SSSR count).